The van der Waals surface area contributed by atoms with E-state index in [2.05, 4.69) is 69.1 Å². The fraction of sp³-hybridized carbons (Fsp3) is 0.667. The fourth-order valence-electron chi connectivity index (χ4n) is 3.26. The standard InChI is InChI=1S/C18H30N2.2ClH/c1-14(2)15-6-8-16(9-7-15)17(18(3,4)5)20-12-10-19-11-13-20;;/h6-9,14,17,19H,10-13H2,1-5H3;2*1H/t17-;;/m0../s1. The van der Waals surface area contributed by atoms with Crippen molar-refractivity contribution in [3.05, 3.63) is 35.4 Å². The van der Waals surface area contributed by atoms with Gasteiger partial charge in [-0.25, -0.2) is 0 Å². The molecule has 2 rings (SSSR count). The molecule has 1 heterocycles. The van der Waals surface area contributed by atoms with E-state index in [-0.39, 0.29) is 30.2 Å². The molecule has 4 heteroatoms. The lowest BCUT2D eigenvalue weighted by molar-refractivity contribution is 0.0862. The Morgan fingerprint density at radius 1 is 0.909 bits per heavy atom. The van der Waals surface area contributed by atoms with E-state index in [4.69, 9.17) is 0 Å². The van der Waals surface area contributed by atoms with Gasteiger partial charge in [-0.3, -0.25) is 4.90 Å². The number of rotatable bonds is 3. The first-order chi connectivity index (χ1) is 9.39. The molecule has 2 nitrogen and oxygen atoms in total. The van der Waals surface area contributed by atoms with Gasteiger partial charge in [-0.15, -0.1) is 24.8 Å². The van der Waals surface area contributed by atoms with Gasteiger partial charge in [0.15, 0.2) is 0 Å². The smallest absolute Gasteiger partial charge is 0.0397 e. The molecule has 1 atom stereocenters. The van der Waals surface area contributed by atoms with Crippen LogP contribution in [0.25, 0.3) is 0 Å². The number of piperazine rings is 1. The molecule has 0 saturated carbocycles. The molecule has 0 amide bonds. The summed E-state index contributed by atoms with van der Waals surface area (Å²) in [6.45, 7) is 16.1. The first kappa shape index (κ1) is 21.7. The predicted molar refractivity (Wildman–Crippen MR) is 102 cm³/mol. The Bertz CT molecular complexity index is 418. The van der Waals surface area contributed by atoms with Crippen molar-refractivity contribution in [2.75, 3.05) is 26.2 Å². The molecule has 0 spiro atoms. The van der Waals surface area contributed by atoms with Gasteiger partial charge >= 0.3 is 0 Å². The molecule has 1 saturated heterocycles. The molecule has 22 heavy (non-hydrogen) atoms. The van der Waals surface area contributed by atoms with Crippen molar-refractivity contribution >= 4 is 24.8 Å². The van der Waals surface area contributed by atoms with Gasteiger partial charge in [0.2, 0.25) is 0 Å². The first-order valence-corrected chi connectivity index (χ1v) is 7.94. The normalized spacial score (nSPS) is 17.5. The van der Waals surface area contributed by atoms with Crippen molar-refractivity contribution < 1.29 is 0 Å². The van der Waals surface area contributed by atoms with Gasteiger partial charge in [-0.05, 0) is 22.5 Å². The van der Waals surface area contributed by atoms with Gasteiger partial charge in [-0.2, -0.15) is 0 Å². The number of hydrogen-bond acceptors (Lipinski definition) is 2. The maximum atomic E-state index is 3.45. The summed E-state index contributed by atoms with van der Waals surface area (Å²) in [5, 5.41) is 3.45. The van der Waals surface area contributed by atoms with Crippen LogP contribution in [0, 0.1) is 5.41 Å². The van der Waals surface area contributed by atoms with Crippen LogP contribution in [-0.2, 0) is 0 Å². The Labute approximate surface area is 148 Å². The topological polar surface area (TPSA) is 15.3 Å². The van der Waals surface area contributed by atoms with E-state index < -0.39 is 0 Å². The summed E-state index contributed by atoms with van der Waals surface area (Å²) in [6, 6.07) is 9.80. The Hall–Kier alpha value is -0.280. The van der Waals surface area contributed by atoms with E-state index in [0.717, 1.165) is 26.2 Å². The third-order valence-corrected chi connectivity index (χ3v) is 4.26. The summed E-state index contributed by atoms with van der Waals surface area (Å²) in [4.78, 5) is 2.64. The zero-order chi connectivity index (χ0) is 14.8. The monoisotopic (exact) mass is 346 g/mol. The summed E-state index contributed by atoms with van der Waals surface area (Å²) in [5.74, 6) is 0.608. The summed E-state index contributed by atoms with van der Waals surface area (Å²) in [6.07, 6.45) is 0. The number of nitrogens with one attached hydrogen (secondary N) is 1. The first-order valence-electron chi connectivity index (χ1n) is 7.94. The molecule has 0 bridgehead atoms. The molecule has 0 aromatic heterocycles. The van der Waals surface area contributed by atoms with Crippen LogP contribution in [0.5, 0.6) is 0 Å². The van der Waals surface area contributed by atoms with Gasteiger partial charge in [0.25, 0.3) is 0 Å². The number of nitrogens with zero attached hydrogens (tertiary/aromatic N) is 1. The van der Waals surface area contributed by atoms with E-state index in [1.165, 1.54) is 11.1 Å². The van der Waals surface area contributed by atoms with Crippen LogP contribution in [0.15, 0.2) is 24.3 Å². The van der Waals surface area contributed by atoms with Crippen molar-refractivity contribution in [2.45, 2.75) is 46.6 Å². The van der Waals surface area contributed by atoms with E-state index in [1.807, 2.05) is 0 Å². The second-order valence-corrected chi connectivity index (χ2v) is 7.38. The lowest BCUT2D eigenvalue weighted by atomic mass is 9.80. The Morgan fingerprint density at radius 2 is 1.36 bits per heavy atom. The van der Waals surface area contributed by atoms with Gasteiger partial charge in [0, 0.05) is 32.2 Å². The second kappa shape index (κ2) is 9.12. The highest BCUT2D eigenvalue weighted by atomic mass is 35.5. The molecule has 1 N–H and O–H groups in total. The third-order valence-electron chi connectivity index (χ3n) is 4.26. The molecular weight excluding hydrogens is 315 g/mol. The summed E-state index contributed by atoms with van der Waals surface area (Å²) >= 11 is 0. The van der Waals surface area contributed by atoms with E-state index >= 15 is 0 Å². The molecule has 0 unspecified atom stereocenters. The van der Waals surface area contributed by atoms with Crippen molar-refractivity contribution in [2.24, 2.45) is 5.41 Å². The summed E-state index contributed by atoms with van der Waals surface area (Å²) in [7, 11) is 0. The van der Waals surface area contributed by atoms with Crippen LogP contribution < -0.4 is 5.32 Å². The Balaban J connectivity index is 0.00000220. The van der Waals surface area contributed by atoms with E-state index in [0.29, 0.717) is 12.0 Å². The maximum absolute atomic E-state index is 3.45. The fourth-order valence-corrected chi connectivity index (χ4v) is 3.26. The van der Waals surface area contributed by atoms with Crippen molar-refractivity contribution in [1.29, 1.82) is 0 Å². The highest BCUT2D eigenvalue weighted by molar-refractivity contribution is 5.85. The zero-order valence-electron chi connectivity index (χ0n) is 14.6. The minimum atomic E-state index is 0. The minimum absolute atomic E-state index is 0. The van der Waals surface area contributed by atoms with Crippen molar-refractivity contribution in [3.8, 4) is 0 Å². The molecule has 1 aromatic rings. The summed E-state index contributed by atoms with van der Waals surface area (Å²) in [5.41, 5.74) is 3.15. The predicted octanol–water partition coefficient (Wildman–Crippen LogP) is 4.65. The Kier molecular flexibility index (Phi) is 9.01. The molecule has 1 fully saturated rings. The molecule has 1 aromatic carbocycles. The molecule has 128 valence electrons. The van der Waals surface area contributed by atoms with Gasteiger partial charge in [0.05, 0.1) is 0 Å². The third kappa shape index (κ3) is 5.42. The van der Waals surface area contributed by atoms with E-state index in [9.17, 15) is 0 Å². The maximum Gasteiger partial charge on any atom is 0.0397 e. The lowest BCUT2D eigenvalue weighted by Crippen LogP contribution is -2.48. The van der Waals surface area contributed by atoms with Crippen LogP contribution >= 0.6 is 24.8 Å². The molecule has 1 aliphatic rings. The van der Waals surface area contributed by atoms with Gasteiger partial charge < -0.3 is 5.32 Å². The van der Waals surface area contributed by atoms with Crippen molar-refractivity contribution in [3.63, 3.8) is 0 Å². The van der Waals surface area contributed by atoms with Crippen LogP contribution in [0.4, 0.5) is 0 Å². The van der Waals surface area contributed by atoms with Crippen LogP contribution in [0.1, 0.15) is 57.7 Å². The lowest BCUT2D eigenvalue weighted by Gasteiger charge is -2.42. The van der Waals surface area contributed by atoms with Crippen molar-refractivity contribution in [1.82, 2.24) is 10.2 Å². The Morgan fingerprint density at radius 3 is 1.77 bits per heavy atom. The van der Waals surface area contributed by atoms with Gasteiger partial charge in [-0.1, -0.05) is 58.9 Å². The second-order valence-electron chi connectivity index (χ2n) is 7.38. The average Bonchev–Trinajstić information content (AvgIpc) is 2.39. The number of halogens is 2. The minimum Gasteiger partial charge on any atom is -0.314 e. The van der Waals surface area contributed by atoms with E-state index in [1.54, 1.807) is 0 Å². The largest absolute Gasteiger partial charge is 0.314 e. The van der Waals surface area contributed by atoms with Crippen LogP contribution in [0.3, 0.4) is 0 Å². The molecule has 0 aliphatic carbocycles. The molecule has 0 radical (unpaired) electrons. The molecular formula is C18H32Cl2N2. The number of benzene rings is 1. The molecule has 1 aliphatic heterocycles. The zero-order valence-corrected chi connectivity index (χ0v) is 16.2. The highest BCUT2D eigenvalue weighted by Gasteiger charge is 2.32. The van der Waals surface area contributed by atoms with Crippen LogP contribution in [-0.4, -0.2) is 31.1 Å². The summed E-state index contributed by atoms with van der Waals surface area (Å²) < 4.78 is 0. The number of hydrogen-bond donors (Lipinski definition) is 1. The highest BCUT2D eigenvalue weighted by Crippen LogP contribution is 2.38. The quantitative estimate of drug-likeness (QED) is 0.856. The van der Waals surface area contributed by atoms with Gasteiger partial charge in [0.1, 0.15) is 0 Å². The van der Waals surface area contributed by atoms with Crippen LogP contribution in [0.2, 0.25) is 0 Å². The SMILES string of the molecule is CC(C)c1ccc([C@H](N2CCNCC2)C(C)(C)C)cc1.Cl.Cl. The average molecular weight is 347 g/mol.